The second-order valence-electron chi connectivity index (χ2n) is 1.34. The fraction of sp³-hybridized carbons (Fsp3) is 0.200. The predicted octanol–water partition coefficient (Wildman–Crippen LogP) is 1.22. The normalized spacial score (nSPS) is 14.0. The van der Waals surface area contributed by atoms with Gasteiger partial charge in [-0.2, -0.15) is 0 Å². The van der Waals surface area contributed by atoms with Crippen molar-refractivity contribution < 1.29 is 4.74 Å². The molecule has 0 fully saturated rings. The number of ether oxygens (including phenoxy) is 1. The van der Waals surface area contributed by atoms with Crippen LogP contribution in [0, 0.1) is 0 Å². The Labute approximate surface area is 66.6 Å². The second-order valence-corrected chi connectivity index (χ2v) is 1.34. The van der Waals surface area contributed by atoms with Gasteiger partial charge in [-0.1, -0.05) is 0 Å². The van der Waals surface area contributed by atoms with Crippen LogP contribution in [-0.2, 0) is 4.74 Å². The maximum Gasteiger partial charge on any atom is 0.108 e. The van der Waals surface area contributed by atoms with Gasteiger partial charge in [-0.05, 0) is 12.2 Å². The summed E-state index contributed by atoms with van der Waals surface area (Å²) in [5, 5.41) is 0. The maximum absolute atomic E-state index is 5.33. The molecule has 0 saturated carbocycles. The van der Waals surface area contributed by atoms with Crippen LogP contribution in [0.25, 0.3) is 0 Å². The molecule has 4 heteroatoms. The Bertz CT molecular complexity index is 122. The van der Waals surface area contributed by atoms with E-state index >= 15 is 0 Å². The zero-order valence-electron chi connectivity index (χ0n) is 4.74. The number of nitrogens with two attached hydrogens (primary N) is 1. The second kappa shape index (κ2) is 5.79. The van der Waals surface area contributed by atoms with E-state index in [0.717, 1.165) is 5.70 Å². The summed E-state index contributed by atoms with van der Waals surface area (Å²) in [6, 6.07) is 0. The first kappa shape index (κ1) is 11.5. The monoisotopic (exact) mass is 169 g/mol. The van der Waals surface area contributed by atoms with Crippen molar-refractivity contribution in [2.75, 3.05) is 6.61 Å². The molecule has 0 aromatic heterocycles. The summed E-state index contributed by atoms with van der Waals surface area (Å²) in [7, 11) is 0. The molecule has 0 saturated heterocycles. The molecule has 0 aliphatic carbocycles. The summed E-state index contributed by atoms with van der Waals surface area (Å²) < 4.78 is 4.80. The Hall–Kier alpha value is -0.340. The number of hydrogen-bond donors (Lipinski definition) is 1. The Balaban J connectivity index is 0. The third-order valence-corrected chi connectivity index (χ3v) is 0.772. The quantitative estimate of drug-likeness (QED) is 0.593. The van der Waals surface area contributed by atoms with Gasteiger partial charge in [0.25, 0.3) is 0 Å². The van der Waals surface area contributed by atoms with Crippen molar-refractivity contribution >= 4 is 24.8 Å². The molecule has 1 aliphatic rings. The number of allylic oxidation sites excluding steroid dienone is 1. The van der Waals surface area contributed by atoms with Crippen LogP contribution in [0.1, 0.15) is 0 Å². The summed E-state index contributed by atoms with van der Waals surface area (Å²) in [6.07, 6.45) is 5.14. The van der Waals surface area contributed by atoms with Gasteiger partial charge in [-0.3, -0.25) is 0 Å². The Kier molecular flexibility index (Phi) is 7.37. The van der Waals surface area contributed by atoms with E-state index in [2.05, 4.69) is 0 Å². The molecule has 0 unspecified atom stereocenters. The van der Waals surface area contributed by atoms with Gasteiger partial charge in [0, 0.05) is 5.70 Å². The molecule has 0 atom stereocenters. The molecule has 0 bridgehead atoms. The zero-order chi connectivity index (χ0) is 5.11. The van der Waals surface area contributed by atoms with Gasteiger partial charge in [0.15, 0.2) is 0 Å². The Morgan fingerprint density at radius 1 is 1.44 bits per heavy atom. The summed E-state index contributed by atoms with van der Waals surface area (Å²) in [5.41, 5.74) is 6.11. The van der Waals surface area contributed by atoms with Gasteiger partial charge in [0.2, 0.25) is 0 Å². The highest BCUT2D eigenvalue weighted by Gasteiger charge is 1.86. The van der Waals surface area contributed by atoms with Gasteiger partial charge in [0.1, 0.15) is 6.61 Å². The molecule has 0 aromatic rings. The van der Waals surface area contributed by atoms with Gasteiger partial charge in [-0.25, -0.2) is 0 Å². The topological polar surface area (TPSA) is 35.2 Å². The molecule has 54 valence electrons. The van der Waals surface area contributed by atoms with Crippen LogP contribution in [0.4, 0.5) is 0 Å². The fourth-order valence-corrected chi connectivity index (χ4v) is 0.395. The SMILES string of the molecule is Cl.Cl.NC1=CCOC=C1. The third kappa shape index (κ3) is 4.18. The fourth-order valence-electron chi connectivity index (χ4n) is 0.395. The van der Waals surface area contributed by atoms with Crippen LogP contribution < -0.4 is 5.73 Å². The Morgan fingerprint density at radius 3 is 2.33 bits per heavy atom. The molecule has 2 N–H and O–H groups in total. The van der Waals surface area contributed by atoms with Crippen LogP contribution in [-0.4, -0.2) is 6.61 Å². The highest BCUT2D eigenvalue weighted by Crippen LogP contribution is 1.94. The molecule has 9 heavy (non-hydrogen) atoms. The third-order valence-electron chi connectivity index (χ3n) is 0.772. The minimum Gasteiger partial charge on any atom is -0.497 e. The lowest BCUT2D eigenvalue weighted by Crippen LogP contribution is -1.99. The van der Waals surface area contributed by atoms with Crippen LogP contribution >= 0.6 is 24.8 Å². The molecular weight excluding hydrogens is 161 g/mol. The van der Waals surface area contributed by atoms with Gasteiger partial charge in [-0.15, -0.1) is 24.8 Å². The molecule has 0 aromatic carbocycles. The predicted molar refractivity (Wildman–Crippen MR) is 41.9 cm³/mol. The van der Waals surface area contributed by atoms with Crippen LogP contribution in [0.2, 0.25) is 0 Å². The molecule has 0 spiro atoms. The smallest absolute Gasteiger partial charge is 0.108 e. The molecule has 0 amide bonds. The van der Waals surface area contributed by atoms with Crippen molar-refractivity contribution in [3.05, 3.63) is 24.1 Å². The summed E-state index contributed by atoms with van der Waals surface area (Å²) in [6.45, 7) is 0.613. The molecule has 0 radical (unpaired) electrons. The van der Waals surface area contributed by atoms with E-state index < -0.39 is 0 Å². The molecule has 1 rings (SSSR count). The van der Waals surface area contributed by atoms with Crippen molar-refractivity contribution in [2.24, 2.45) is 5.73 Å². The van der Waals surface area contributed by atoms with E-state index in [9.17, 15) is 0 Å². The van der Waals surface area contributed by atoms with E-state index in [0.29, 0.717) is 6.61 Å². The van der Waals surface area contributed by atoms with Crippen LogP contribution in [0.5, 0.6) is 0 Å². The van der Waals surface area contributed by atoms with Gasteiger partial charge >= 0.3 is 0 Å². The largest absolute Gasteiger partial charge is 0.497 e. The van der Waals surface area contributed by atoms with Crippen molar-refractivity contribution in [1.29, 1.82) is 0 Å². The summed E-state index contributed by atoms with van der Waals surface area (Å²) >= 11 is 0. The first-order valence-electron chi connectivity index (χ1n) is 2.13. The summed E-state index contributed by atoms with van der Waals surface area (Å²) in [4.78, 5) is 0. The standard InChI is InChI=1S/C5H7NO.2ClH/c6-5-1-3-7-4-2-5;;/h1-3H,4,6H2;2*1H. The minimum absolute atomic E-state index is 0. The van der Waals surface area contributed by atoms with Gasteiger partial charge < -0.3 is 10.5 Å². The summed E-state index contributed by atoms with van der Waals surface area (Å²) in [5.74, 6) is 0. The molecular formula is C5H9Cl2NO. The van der Waals surface area contributed by atoms with Gasteiger partial charge in [0.05, 0.1) is 6.26 Å². The van der Waals surface area contributed by atoms with Crippen LogP contribution in [0.3, 0.4) is 0 Å². The van der Waals surface area contributed by atoms with Crippen molar-refractivity contribution in [3.63, 3.8) is 0 Å². The molecule has 1 aliphatic heterocycles. The molecule has 1 heterocycles. The van der Waals surface area contributed by atoms with Crippen LogP contribution in [0.15, 0.2) is 24.1 Å². The lowest BCUT2D eigenvalue weighted by Gasteiger charge is -2.00. The van der Waals surface area contributed by atoms with Crippen molar-refractivity contribution in [1.82, 2.24) is 0 Å². The van der Waals surface area contributed by atoms with E-state index in [1.54, 1.807) is 12.3 Å². The van der Waals surface area contributed by atoms with E-state index in [1.165, 1.54) is 0 Å². The maximum atomic E-state index is 5.33. The average molecular weight is 170 g/mol. The number of rotatable bonds is 0. The lowest BCUT2D eigenvalue weighted by molar-refractivity contribution is 0.284. The van der Waals surface area contributed by atoms with Crippen molar-refractivity contribution in [2.45, 2.75) is 0 Å². The Morgan fingerprint density at radius 2 is 2.11 bits per heavy atom. The lowest BCUT2D eigenvalue weighted by atomic mass is 10.4. The van der Waals surface area contributed by atoms with Crippen molar-refractivity contribution in [3.8, 4) is 0 Å². The number of hydrogen-bond acceptors (Lipinski definition) is 2. The highest BCUT2D eigenvalue weighted by atomic mass is 35.5. The highest BCUT2D eigenvalue weighted by molar-refractivity contribution is 5.85. The first-order chi connectivity index (χ1) is 3.39. The van der Waals surface area contributed by atoms with E-state index in [1.807, 2.05) is 6.08 Å². The van der Waals surface area contributed by atoms with E-state index in [4.69, 9.17) is 10.5 Å². The van der Waals surface area contributed by atoms with E-state index in [-0.39, 0.29) is 24.8 Å². The average Bonchev–Trinajstić information content (AvgIpc) is 1.69. The number of halogens is 2. The molecule has 2 nitrogen and oxygen atoms in total. The zero-order valence-corrected chi connectivity index (χ0v) is 6.37. The first-order valence-corrected chi connectivity index (χ1v) is 2.13. The minimum atomic E-state index is 0.